The van der Waals surface area contributed by atoms with Crippen molar-refractivity contribution in [2.45, 2.75) is 51.4 Å². The summed E-state index contributed by atoms with van der Waals surface area (Å²) in [5, 5.41) is 9.14. The predicted octanol–water partition coefficient (Wildman–Crippen LogP) is 3.31. The van der Waals surface area contributed by atoms with Gasteiger partial charge in [0, 0.05) is 31.4 Å². The minimum absolute atomic E-state index is 0.0972. The summed E-state index contributed by atoms with van der Waals surface area (Å²) in [7, 11) is -1.25. The van der Waals surface area contributed by atoms with Crippen LogP contribution in [-0.4, -0.2) is 68.3 Å². The first kappa shape index (κ1) is 40.7. The highest BCUT2D eigenvalue weighted by molar-refractivity contribution is 7.91. The van der Waals surface area contributed by atoms with Gasteiger partial charge < -0.3 is 30.0 Å². The zero-order valence-corrected chi connectivity index (χ0v) is 27.2. The van der Waals surface area contributed by atoms with E-state index in [4.69, 9.17) is 15.2 Å². The number of benzene rings is 2. The van der Waals surface area contributed by atoms with Crippen LogP contribution in [0.25, 0.3) is 10.9 Å². The Hall–Kier alpha value is -4.47. The Morgan fingerprint density at radius 1 is 1.06 bits per heavy atom. The van der Waals surface area contributed by atoms with Gasteiger partial charge in [0.15, 0.2) is 12.1 Å². The SMILES string of the molecule is CC(O)c1cc2c(=O)n(NS(C)(=O)=O)c(=O)[nH]c2cc1C(F)(F)F.COC(=O)c1cc(C(C)=O)c(C(F)(F)F)cc1N.COC1CCCO1. The van der Waals surface area contributed by atoms with Gasteiger partial charge in [0.2, 0.25) is 10.0 Å². The molecule has 2 heterocycles. The molecule has 1 aliphatic heterocycles. The molecule has 49 heavy (non-hydrogen) atoms. The number of ether oxygens (including phenoxy) is 3. The molecule has 4 rings (SSSR count). The molecule has 21 heteroatoms. The summed E-state index contributed by atoms with van der Waals surface area (Å²) in [4.78, 5) is 50.1. The van der Waals surface area contributed by atoms with Crippen molar-refractivity contribution in [2.24, 2.45) is 0 Å². The lowest BCUT2D eigenvalue weighted by Crippen LogP contribution is -2.43. The summed E-state index contributed by atoms with van der Waals surface area (Å²) in [6.07, 6.45) is -8.08. The second-order valence-electron chi connectivity index (χ2n) is 10.3. The summed E-state index contributed by atoms with van der Waals surface area (Å²) in [5.41, 5.74) is -1.74. The fourth-order valence-corrected chi connectivity index (χ4v) is 4.78. The number of nitrogens with one attached hydrogen (secondary N) is 2. The van der Waals surface area contributed by atoms with Gasteiger partial charge in [-0.2, -0.15) is 31.0 Å². The number of halogens is 6. The molecule has 0 bridgehead atoms. The van der Waals surface area contributed by atoms with E-state index in [1.165, 1.54) is 0 Å². The lowest BCUT2D eigenvalue weighted by molar-refractivity contribution is -0.139. The van der Waals surface area contributed by atoms with E-state index in [2.05, 4.69) is 4.74 Å². The number of aliphatic hydroxyl groups excluding tert-OH is 1. The second kappa shape index (κ2) is 15.8. The van der Waals surface area contributed by atoms with Gasteiger partial charge in [-0.15, -0.1) is 0 Å². The summed E-state index contributed by atoms with van der Waals surface area (Å²) < 4.78 is 114. The Morgan fingerprint density at radius 3 is 2.06 bits per heavy atom. The molecule has 1 saturated heterocycles. The topological polar surface area (TPSA) is 209 Å². The van der Waals surface area contributed by atoms with Crippen molar-refractivity contribution in [3.05, 3.63) is 72.9 Å². The van der Waals surface area contributed by atoms with Crippen molar-refractivity contribution in [2.75, 3.05) is 37.6 Å². The number of nitrogens with zero attached hydrogens (tertiary/aromatic N) is 1. The van der Waals surface area contributed by atoms with E-state index in [0.29, 0.717) is 18.4 Å². The molecule has 14 nitrogen and oxygen atoms in total. The smallest absolute Gasteiger partial charge is 0.417 e. The number of Topliss-reactive ketones (excluding diaryl/α,β-unsaturated/α-hetero) is 1. The van der Waals surface area contributed by atoms with Crippen molar-refractivity contribution in [3.8, 4) is 0 Å². The first-order valence-electron chi connectivity index (χ1n) is 13.7. The normalized spacial score (nSPS) is 15.4. The zero-order valence-electron chi connectivity index (χ0n) is 26.4. The van der Waals surface area contributed by atoms with Crippen LogP contribution in [0.2, 0.25) is 0 Å². The number of hydrogen-bond donors (Lipinski definition) is 4. The van der Waals surface area contributed by atoms with Gasteiger partial charge in [-0.1, -0.05) is 0 Å². The van der Waals surface area contributed by atoms with E-state index in [-0.39, 0.29) is 22.2 Å². The van der Waals surface area contributed by atoms with Gasteiger partial charge in [0.25, 0.3) is 5.56 Å². The number of H-pyrrole nitrogens is 1. The van der Waals surface area contributed by atoms with Crippen molar-refractivity contribution < 1.29 is 63.7 Å². The number of fused-ring (bicyclic) bond motifs is 1. The number of anilines is 1. The fourth-order valence-electron chi connectivity index (χ4n) is 4.28. The van der Waals surface area contributed by atoms with E-state index >= 15 is 0 Å². The monoisotopic (exact) mass is 730 g/mol. The molecule has 0 radical (unpaired) electrons. The number of hydrogen-bond acceptors (Lipinski definition) is 11. The van der Waals surface area contributed by atoms with E-state index in [1.54, 1.807) is 11.9 Å². The van der Waals surface area contributed by atoms with Crippen molar-refractivity contribution in [3.63, 3.8) is 0 Å². The van der Waals surface area contributed by atoms with Crippen molar-refractivity contribution >= 4 is 38.4 Å². The number of aliphatic hydroxyl groups is 1. The predicted molar refractivity (Wildman–Crippen MR) is 162 cm³/mol. The first-order valence-corrected chi connectivity index (χ1v) is 15.6. The van der Waals surface area contributed by atoms with Crippen LogP contribution < -0.4 is 21.8 Å². The molecule has 0 spiro atoms. The molecule has 1 aliphatic rings. The highest BCUT2D eigenvalue weighted by Gasteiger charge is 2.36. The number of ketones is 1. The number of esters is 1. The summed E-state index contributed by atoms with van der Waals surface area (Å²) in [5.74, 6) is -1.71. The van der Waals surface area contributed by atoms with Crippen LogP contribution >= 0.6 is 0 Å². The number of nitrogen functional groups attached to an aromatic ring is 1. The van der Waals surface area contributed by atoms with Crippen LogP contribution in [0, 0.1) is 0 Å². The molecule has 2 aromatic carbocycles. The highest BCUT2D eigenvalue weighted by Crippen LogP contribution is 2.37. The highest BCUT2D eigenvalue weighted by atomic mass is 32.2. The number of alkyl halides is 6. The number of carbonyl (C=O) groups excluding carboxylic acids is 2. The number of sulfonamides is 1. The van der Waals surface area contributed by atoms with Crippen LogP contribution in [0.5, 0.6) is 0 Å². The lowest BCUT2D eigenvalue weighted by Gasteiger charge is -2.16. The summed E-state index contributed by atoms with van der Waals surface area (Å²) in [6, 6.07) is 2.64. The second-order valence-corrected chi connectivity index (χ2v) is 12.0. The third kappa shape index (κ3) is 10.8. The third-order valence-corrected chi connectivity index (χ3v) is 7.03. The van der Waals surface area contributed by atoms with E-state index in [9.17, 15) is 59.0 Å². The Labute approximate surface area is 273 Å². The number of methoxy groups -OCH3 is 2. The maximum Gasteiger partial charge on any atom is 0.417 e. The van der Waals surface area contributed by atoms with E-state index in [0.717, 1.165) is 52.5 Å². The van der Waals surface area contributed by atoms with Crippen LogP contribution in [-0.2, 0) is 36.6 Å². The molecular formula is C28H32F6N4O10S. The quantitative estimate of drug-likeness (QED) is 0.125. The van der Waals surface area contributed by atoms with Gasteiger partial charge in [-0.25, -0.2) is 22.8 Å². The molecular weight excluding hydrogens is 698 g/mol. The standard InChI is InChI=1S/C12H12F3N3O5S.C11H10F3NO3.C5H10O2/c1-5(19)6-3-7-9(4-8(6)12(13,14)15)16-11(21)18(10(7)20)17-24(2,22)23;1-5(16)6-3-7(10(17)18-2)9(15)4-8(6)11(12,13)14;1-6-5-3-2-4-7-5/h3-5,17,19H,1-2H3,(H,16,21);3-4H,15H2,1-2H3;5H,2-4H2,1H3. The third-order valence-electron chi connectivity index (χ3n) is 6.51. The van der Waals surface area contributed by atoms with Gasteiger partial charge in [0.05, 0.1) is 47.1 Å². The number of carbonyl (C=O) groups is 2. The minimum Gasteiger partial charge on any atom is -0.465 e. The van der Waals surface area contributed by atoms with E-state index in [1.807, 2.05) is 4.98 Å². The fraction of sp³-hybridized carbons (Fsp3) is 0.429. The Balaban J connectivity index is 0.000000291. The largest absolute Gasteiger partial charge is 0.465 e. The molecule has 5 N–H and O–H groups in total. The lowest BCUT2D eigenvalue weighted by atomic mass is 9.99. The van der Waals surface area contributed by atoms with Crippen molar-refractivity contribution in [1.29, 1.82) is 0 Å². The van der Waals surface area contributed by atoms with Crippen LogP contribution in [0.15, 0.2) is 33.9 Å². The summed E-state index contributed by atoms with van der Waals surface area (Å²) in [6.45, 7) is 2.93. The van der Waals surface area contributed by atoms with Gasteiger partial charge in [-0.05, 0) is 50.1 Å². The first-order chi connectivity index (χ1) is 22.4. The summed E-state index contributed by atoms with van der Waals surface area (Å²) >= 11 is 0. The van der Waals surface area contributed by atoms with Crippen molar-refractivity contribution in [1.82, 2.24) is 9.66 Å². The Morgan fingerprint density at radius 2 is 1.65 bits per heavy atom. The molecule has 272 valence electrons. The van der Waals surface area contributed by atoms with Gasteiger partial charge in [0.1, 0.15) is 0 Å². The zero-order chi connectivity index (χ0) is 37.6. The molecule has 0 amide bonds. The molecule has 1 fully saturated rings. The molecule has 2 atom stereocenters. The Kier molecular flexibility index (Phi) is 13.1. The van der Waals surface area contributed by atoms with Crippen LogP contribution in [0.1, 0.15) is 70.2 Å². The maximum atomic E-state index is 13.1. The average molecular weight is 731 g/mol. The molecule has 0 saturated carbocycles. The molecule has 2 unspecified atom stereocenters. The number of nitrogens with two attached hydrogens (primary N) is 1. The average Bonchev–Trinajstić information content (AvgIpc) is 3.51. The number of aromatic amines is 1. The van der Waals surface area contributed by atoms with Crippen LogP contribution in [0.3, 0.4) is 0 Å². The minimum atomic E-state index is -4.82. The van der Waals surface area contributed by atoms with Gasteiger partial charge >= 0.3 is 24.0 Å². The molecule has 0 aliphatic carbocycles. The van der Waals surface area contributed by atoms with Crippen LogP contribution in [0.4, 0.5) is 32.0 Å². The van der Waals surface area contributed by atoms with E-state index < -0.39 is 84.6 Å². The molecule has 1 aromatic heterocycles. The maximum absolute atomic E-state index is 13.1. The molecule has 3 aromatic rings. The number of aromatic nitrogens is 2. The Bertz CT molecular complexity index is 1920. The number of rotatable bonds is 6. The van der Waals surface area contributed by atoms with Gasteiger partial charge in [-0.3, -0.25) is 9.59 Å².